The van der Waals surface area contributed by atoms with Crippen molar-refractivity contribution in [1.82, 2.24) is 19.4 Å². The molecule has 3 aromatic heterocycles. The van der Waals surface area contributed by atoms with Crippen molar-refractivity contribution in [2.24, 2.45) is 0 Å². The van der Waals surface area contributed by atoms with E-state index in [1.54, 1.807) is 18.3 Å². The lowest BCUT2D eigenvalue weighted by atomic mass is 9.95. The van der Waals surface area contributed by atoms with Crippen LogP contribution in [-0.4, -0.2) is 32.3 Å². The van der Waals surface area contributed by atoms with Gasteiger partial charge in [0.1, 0.15) is 16.1 Å². The zero-order valence-corrected chi connectivity index (χ0v) is 19.9. The van der Waals surface area contributed by atoms with E-state index in [0.29, 0.717) is 26.1 Å². The maximum absolute atomic E-state index is 13.7. The topological polar surface area (TPSA) is 86.0 Å². The fraction of sp³-hybridized carbons (Fsp3) is 0.333. The second-order valence-corrected chi connectivity index (χ2v) is 10.1. The van der Waals surface area contributed by atoms with Gasteiger partial charge in [-0.2, -0.15) is 0 Å². The number of thiophene rings is 1. The van der Waals surface area contributed by atoms with E-state index in [-0.39, 0.29) is 24.1 Å². The second kappa shape index (κ2) is 9.15. The Morgan fingerprint density at radius 1 is 1.18 bits per heavy atom. The van der Waals surface area contributed by atoms with Gasteiger partial charge in [0.05, 0.1) is 11.2 Å². The summed E-state index contributed by atoms with van der Waals surface area (Å²) >= 11 is 2.79. The van der Waals surface area contributed by atoms with Crippen LogP contribution >= 0.6 is 23.1 Å². The van der Waals surface area contributed by atoms with Crippen molar-refractivity contribution in [3.63, 3.8) is 0 Å². The van der Waals surface area contributed by atoms with Crippen molar-refractivity contribution in [3.8, 4) is 5.69 Å². The van der Waals surface area contributed by atoms with Gasteiger partial charge in [-0.15, -0.1) is 23.1 Å². The lowest BCUT2D eigenvalue weighted by molar-refractivity contribution is -0.122. The van der Waals surface area contributed by atoms with E-state index >= 15 is 0 Å². The van der Waals surface area contributed by atoms with Crippen LogP contribution in [0.3, 0.4) is 0 Å². The van der Waals surface area contributed by atoms with Gasteiger partial charge < -0.3 is 5.32 Å². The van der Waals surface area contributed by atoms with Crippen LogP contribution in [-0.2, 0) is 11.3 Å². The predicted molar refractivity (Wildman–Crippen MR) is 134 cm³/mol. The molecule has 1 aromatic carbocycles. The molecule has 1 N–H and O–H groups in total. The second-order valence-electron chi connectivity index (χ2n) is 8.25. The van der Waals surface area contributed by atoms with Gasteiger partial charge >= 0.3 is 5.69 Å². The molecular weight excluding hydrogens is 456 g/mol. The molecule has 1 aliphatic rings. The molecule has 33 heavy (non-hydrogen) atoms. The Kier molecular flexibility index (Phi) is 6.07. The van der Waals surface area contributed by atoms with Crippen LogP contribution in [0, 0.1) is 0 Å². The summed E-state index contributed by atoms with van der Waals surface area (Å²) in [7, 11) is 0. The van der Waals surface area contributed by atoms with Crippen LogP contribution in [0.2, 0.25) is 0 Å². The minimum Gasteiger partial charge on any atom is -0.352 e. The first-order valence-electron chi connectivity index (χ1n) is 11.0. The number of pyridine rings is 1. The van der Waals surface area contributed by atoms with Crippen molar-refractivity contribution < 1.29 is 4.79 Å². The summed E-state index contributed by atoms with van der Waals surface area (Å²) in [5.41, 5.74) is 0.0630. The van der Waals surface area contributed by atoms with Gasteiger partial charge in [0.25, 0.3) is 5.56 Å². The van der Waals surface area contributed by atoms with Crippen LogP contribution < -0.4 is 16.6 Å². The van der Waals surface area contributed by atoms with Gasteiger partial charge in [-0.05, 0) is 49.4 Å². The number of carbonyl (C=O) groups is 1. The molecule has 0 saturated heterocycles. The molecule has 4 aromatic rings. The molecule has 170 valence electrons. The van der Waals surface area contributed by atoms with E-state index in [1.165, 1.54) is 38.7 Å². The van der Waals surface area contributed by atoms with Crippen molar-refractivity contribution in [2.75, 3.05) is 6.26 Å². The highest BCUT2D eigenvalue weighted by Gasteiger charge is 2.22. The quantitative estimate of drug-likeness (QED) is 0.438. The third kappa shape index (κ3) is 4.11. The minimum atomic E-state index is -0.520. The molecule has 0 atom stereocenters. The van der Waals surface area contributed by atoms with E-state index < -0.39 is 5.69 Å². The van der Waals surface area contributed by atoms with E-state index in [4.69, 9.17) is 0 Å². The summed E-state index contributed by atoms with van der Waals surface area (Å²) in [6.45, 7) is -0.144. The minimum absolute atomic E-state index is 0.141. The number of carbonyl (C=O) groups excluding carboxylic acids is 1. The number of nitrogens with zero attached hydrogens (tertiary/aromatic N) is 3. The molecule has 0 spiro atoms. The Morgan fingerprint density at radius 3 is 2.79 bits per heavy atom. The standard InChI is InChI=1S/C24H24N4O3S2/c1-32-17-10-5-9-16(13-17)28-23(30)21-20(18-11-6-12-25-22(18)33-21)27(24(28)31)14-19(29)26-15-7-3-2-4-8-15/h5-6,9-13,15H,2-4,7-8,14H2,1H3,(H,26,29). The Balaban J connectivity index is 1.69. The Morgan fingerprint density at radius 2 is 2.00 bits per heavy atom. The third-order valence-corrected chi connectivity index (χ3v) is 7.93. The zero-order valence-electron chi connectivity index (χ0n) is 18.2. The molecule has 0 unspecified atom stereocenters. The molecule has 0 bridgehead atoms. The maximum atomic E-state index is 13.7. The Hall–Kier alpha value is -2.91. The Bertz CT molecular complexity index is 1460. The third-order valence-electron chi connectivity index (χ3n) is 6.11. The number of nitrogens with one attached hydrogen (secondary N) is 1. The van der Waals surface area contributed by atoms with Gasteiger partial charge in [0.15, 0.2) is 0 Å². The highest BCUT2D eigenvalue weighted by atomic mass is 32.2. The Labute approximate surface area is 198 Å². The normalized spacial score (nSPS) is 14.7. The van der Waals surface area contributed by atoms with Crippen LogP contribution in [0.15, 0.2) is 57.1 Å². The average Bonchev–Trinajstić information content (AvgIpc) is 3.23. The summed E-state index contributed by atoms with van der Waals surface area (Å²) in [4.78, 5) is 46.2. The smallest absolute Gasteiger partial charge is 0.336 e. The average molecular weight is 481 g/mol. The largest absolute Gasteiger partial charge is 0.352 e. The zero-order chi connectivity index (χ0) is 22.9. The van der Waals surface area contributed by atoms with Crippen LogP contribution in [0.5, 0.6) is 0 Å². The first-order valence-corrected chi connectivity index (χ1v) is 13.1. The molecular formula is C24H24N4O3S2. The van der Waals surface area contributed by atoms with E-state index in [1.807, 2.05) is 30.5 Å². The van der Waals surface area contributed by atoms with Gasteiger partial charge in [0, 0.05) is 22.5 Å². The molecule has 1 saturated carbocycles. The number of aromatic nitrogens is 3. The first kappa shape index (κ1) is 21.9. The SMILES string of the molecule is CSc1cccc(-n2c(=O)c3sc4ncccc4c3n(CC(=O)NC3CCCCC3)c2=O)c1. The van der Waals surface area contributed by atoms with Gasteiger partial charge in [-0.3, -0.25) is 14.2 Å². The summed E-state index contributed by atoms with van der Waals surface area (Å²) in [6, 6.07) is 11.1. The van der Waals surface area contributed by atoms with Gasteiger partial charge in [-0.25, -0.2) is 14.3 Å². The van der Waals surface area contributed by atoms with Crippen molar-refractivity contribution in [1.29, 1.82) is 0 Å². The molecule has 9 heteroatoms. The molecule has 1 amide bonds. The summed E-state index contributed by atoms with van der Waals surface area (Å²) in [5, 5.41) is 3.80. The lowest BCUT2D eigenvalue weighted by Crippen LogP contribution is -2.43. The first-order chi connectivity index (χ1) is 16.1. The fourth-order valence-electron chi connectivity index (χ4n) is 4.53. The summed E-state index contributed by atoms with van der Waals surface area (Å²) < 4.78 is 3.02. The molecule has 1 aliphatic carbocycles. The molecule has 0 aliphatic heterocycles. The number of benzene rings is 1. The number of amides is 1. The van der Waals surface area contributed by atoms with Crippen molar-refractivity contribution in [2.45, 2.75) is 49.6 Å². The van der Waals surface area contributed by atoms with E-state index in [2.05, 4.69) is 10.3 Å². The van der Waals surface area contributed by atoms with E-state index in [0.717, 1.165) is 30.6 Å². The summed E-state index contributed by atoms with van der Waals surface area (Å²) in [6.07, 6.45) is 8.93. The van der Waals surface area contributed by atoms with Gasteiger partial charge in [0.2, 0.25) is 5.91 Å². The van der Waals surface area contributed by atoms with Crippen molar-refractivity contribution in [3.05, 3.63) is 63.4 Å². The molecule has 5 rings (SSSR count). The highest BCUT2D eigenvalue weighted by molar-refractivity contribution is 7.98. The van der Waals surface area contributed by atoms with Crippen molar-refractivity contribution >= 4 is 49.4 Å². The summed E-state index contributed by atoms with van der Waals surface area (Å²) in [5.74, 6) is -0.211. The lowest BCUT2D eigenvalue weighted by Gasteiger charge is -2.23. The van der Waals surface area contributed by atoms with Crippen LogP contribution in [0.25, 0.3) is 26.1 Å². The maximum Gasteiger partial charge on any atom is 0.336 e. The number of hydrogen-bond donors (Lipinski definition) is 1. The van der Waals surface area contributed by atoms with E-state index in [9.17, 15) is 14.4 Å². The number of rotatable bonds is 5. The highest BCUT2D eigenvalue weighted by Crippen LogP contribution is 2.29. The molecule has 7 nitrogen and oxygen atoms in total. The molecule has 1 fully saturated rings. The molecule has 0 radical (unpaired) electrons. The van der Waals surface area contributed by atoms with Crippen LogP contribution in [0.4, 0.5) is 0 Å². The molecule has 3 heterocycles. The van der Waals surface area contributed by atoms with Crippen LogP contribution in [0.1, 0.15) is 32.1 Å². The number of hydrogen-bond acceptors (Lipinski definition) is 6. The number of fused-ring (bicyclic) bond motifs is 3. The monoisotopic (exact) mass is 480 g/mol. The number of thioether (sulfide) groups is 1. The predicted octanol–water partition coefficient (Wildman–Crippen LogP) is 3.93. The fourth-order valence-corrected chi connectivity index (χ4v) is 6.06. The van der Waals surface area contributed by atoms with Gasteiger partial charge in [-0.1, -0.05) is 25.3 Å².